The minimum Gasteiger partial charge on any atom is -0.496 e. The van der Waals surface area contributed by atoms with Crippen molar-refractivity contribution in [1.82, 2.24) is 15.5 Å². The van der Waals surface area contributed by atoms with Gasteiger partial charge in [0.2, 0.25) is 0 Å². The molecule has 0 saturated carbocycles. The molecule has 1 aromatic heterocycles. The number of amides is 1. The second kappa shape index (κ2) is 5.51. The van der Waals surface area contributed by atoms with Crippen LogP contribution in [0.15, 0.2) is 30.6 Å². The fourth-order valence-corrected chi connectivity index (χ4v) is 1.78. The van der Waals surface area contributed by atoms with Gasteiger partial charge in [0.15, 0.2) is 0 Å². The van der Waals surface area contributed by atoms with E-state index in [0.29, 0.717) is 16.9 Å². The average molecular weight is 263 g/mol. The topological polar surface area (TPSA) is 67.0 Å². The van der Waals surface area contributed by atoms with Gasteiger partial charge in [-0.15, -0.1) is 0 Å². The van der Waals surface area contributed by atoms with Crippen molar-refractivity contribution in [3.63, 3.8) is 0 Å². The molecule has 0 radical (unpaired) electrons. The minimum absolute atomic E-state index is 0.285. The van der Waals surface area contributed by atoms with Crippen molar-refractivity contribution in [2.24, 2.45) is 0 Å². The molecule has 6 heteroatoms. The fraction of sp³-hybridized carbons (Fsp3) is 0.231. The molecule has 100 valence electrons. The van der Waals surface area contributed by atoms with Crippen molar-refractivity contribution in [3.05, 3.63) is 47.5 Å². The largest absolute Gasteiger partial charge is 0.496 e. The van der Waals surface area contributed by atoms with Crippen LogP contribution in [0.4, 0.5) is 4.39 Å². The van der Waals surface area contributed by atoms with E-state index in [1.165, 1.54) is 37.7 Å². The lowest BCUT2D eigenvalue weighted by atomic mass is 10.1. The molecule has 1 unspecified atom stereocenters. The number of methoxy groups -OCH3 is 1. The lowest BCUT2D eigenvalue weighted by molar-refractivity contribution is 0.0939. The van der Waals surface area contributed by atoms with Crippen LogP contribution in [0, 0.1) is 5.82 Å². The van der Waals surface area contributed by atoms with Crippen molar-refractivity contribution in [1.29, 1.82) is 0 Å². The van der Waals surface area contributed by atoms with Crippen LogP contribution in [0.25, 0.3) is 0 Å². The summed E-state index contributed by atoms with van der Waals surface area (Å²) in [4.78, 5) is 11.9. The van der Waals surface area contributed by atoms with Crippen LogP contribution in [-0.4, -0.2) is 23.2 Å². The van der Waals surface area contributed by atoms with Gasteiger partial charge in [-0.05, 0) is 25.1 Å². The fourth-order valence-electron chi connectivity index (χ4n) is 1.78. The third-order valence-corrected chi connectivity index (χ3v) is 2.77. The Bertz CT molecular complexity index is 569. The molecule has 0 aliphatic carbocycles. The second-order valence-electron chi connectivity index (χ2n) is 4.07. The molecule has 2 aromatic rings. The summed E-state index contributed by atoms with van der Waals surface area (Å²) in [5.41, 5.74) is 1.00. The number of hydrogen-bond acceptors (Lipinski definition) is 3. The summed E-state index contributed by atoms with van der Waals surface area (Å²) in [6.07, 6.45) is 2.91. The van der Waals surface area contributed by atoms with E-state index in [9.17, 15) is 9.18 Å². The summed E-state index contributed by atoms with van der Waals surface area (Å²) < 4.78 is 18.4. The SMILES string of the molecule is COc1ccc(F)cc1C(C)NC(=O)c1cn[nH]c1. The Labute approximate surface area is 109 Å². The predicted octanol–water partition coefficient (Wildman–Crippen LogP) is 2.05. The van der Waals surface area contributed by atoms with Gasteiger partial charge < -0.3 is 10.1 Å². The maximum Gasteiger partial charge on any atom is 0.254 e. The standard InChI is InChI=1S/C13H14FN3O2/c1-8(17-13(18)9-6-15-16-7-9)11-5-10(14)3-4-12(11)19-2/h3-8H,1-2H3,(H,15,16)(H,17,18). The smallest absolute Gasteiger partial charge is 0.254 e. The first-order chi connectivity index (χ1) is 9.11. The first kappa shape index (κ1) is 13.1. The first-order valence-corrected chi connectivity index (χ1v) is 5.75. The van der Waals surface area contributed by atoms with Gasteiger partial charge in [0, 0.05) is 11.8 Å². The highest BCUT2D eigenvalue weighted by Gasteiger charge is 2.16. The third kappa shape index (κ3) is 2.90. The third-order valence-electron chi connectivity index (χ3n) is 2.77. The Hall–Kier alpha value is -2.37. The van der Waals surface area contributed by atoms with Crippen LogP contribution in [0.3, 0.4) is 0 Å². The highest BCUT2D eigenvalue weighted by atomic mass is 19.1. The molecule has 0 bridgehead atoms. The highest BCUT2D eigenvalue weighted by Crippen LogP contribution is 2.25. The summed E-state index contributed by atoms with van der Waals surface area (Å²) >= 11 is 0. The number of H-pyrrole nitrogens is 1. The molecule has 1 heterocycles. The van der Waals surface area contributed by atoms with Crippen LogP contribution in [-0.2, 0) is 0 Å². The van der Waals surface area contributed by atoms with Crippen molar-refractivity contribution in [2.45, 2.75) is 13.0 Å². The van der Waals surface area contributed by atoms with Gasteiger partial charge in [0.05, 0.1) is 24.9 Å². The molecule has 2 rings (SSSR count). The van der Waals surface area contributed by atoms with E-state index in [0.717, 1.165) is 0 Å². The number of nitrogens with zero attached hydrogens (tertiary/aromatic N) is 1. The Morgan fingerprint density at radius 3 is 2.95 bits per heavy atom. The Kier molecular flexibility index (Phi) is 3.79. The van der Waals surface area contributed by atoms with E-state index in [4.69, 9.17) is 4.74 Å². The van der Waals surface area contributed by atoms with Crippen molar-refractivity contribution in [2.75, 3.05) is 7.11 Å². The maximum atomic E-state index is 13.3. The van der Waals surface area contributed by atoms with Crippen LogP contribution >= 0.6 is 0 Å². The van der Waals surface area contributed by atoms with E-state index < -0.39 is 0 Å². The molecule has 0 aliphatic rings. The second-order valence-corrected chi connectivity index (χ2v) is 4.07. The normalized spacial score (nSPS) is 11.9. The van der Waals surface area contributed by atoms with Crippen molar-refractivity contribution in [3.8, 4) is 5.75 Å². The Morgan fingerprint density at radius 2 is 2.32 bits per heavy atom. The average Bonchev–Trinajstić information content (AvgIpc) is 2.92. The zero-order valence-corrected chi connectivity index (χ0v) is 10.6. The number of rotatable bonds is 4. The molecule has 0 saturated heterocycles. The van der Waals surface area contributed by atoms with E-state index in [2.05, 4.69) is 15.5 Å². The zero-order valence-electron chi connectivity index (χ0n) is 10.6. The van der Waals surface area contributed by atoms with Gasteiger partial charge >= 0.3 is 0 Å². The number of ether oxygens (including phenoxy) is 1. The van der Waals surface area contributed by atoms with Crippen LogP contribution in [0.1, 0.15) is 28.9 Å². The number of aromatic nitrogens is 2. The number of halogens is 1. The Balaban J connectivity index is 2.18. The lowest BCUT2D eigenvalue weighted by Crippen LogP contribution is -2.26. The molecular weight excluding hydrogens is 249 g/mol. The first-order valence-electron chi connectivity index (χ1n) is 5.75. The summed E-state index contributed by atoms with van der Waals surface area (Å²) in [5.74, 6) is -0.130. The quantitative estimate of drug-likeness (QED) is 0.887. The monoisotopic (exact) mass is 263 g/mol. The molecule has 0 aliphatic heterocycles. The molecule has 1 aromatic carbocycles. The molecule has 2 N–H and O–H groups in total. The minimum atomic E-state index is -0.381. The van der Waals surface area contributed by atoms with Crippen LogP contribution < -0.4 is 10.1 Å². The number of nitrogens with one attached hydrogen (secondary N) is 2. The molecular formula is C13H14FN3O2. The number of hydrogen-bond donors (Lipinski definition) is 2. The molecule has 0 spiro atoms. The van der Waals surface area contributed by atoms with Gasteiger partial charge in [-0.1, -0.05) is 0 Å². The molecule has 1 amide bonds. The lowest BCUT2D eigenvalue weighted by Gasteiger charge is -2.17. The van der Waals surface area contributed by atoms with E-state index in [1.54, 1.807) is 6.92 Å². The highest BCUT2D eigenvalue weighted by molar-refractivity contribution is 5.93. The van der Waals surface area contributed by atoms with Gasteiger partial charge in [0.1, 0.15) is 11.6 Å². The van der Waals surface area contributed by atoms with Gasteiger partial charge in [-0.25, -0.2) is 4.39 Å². The van der Waals surface area contributed by atoms with Crippen molar-refractivity contribution < 1.29 is 13.9 Å². The van der Waals surface area contributed by atoms with Crippen LogP contribution in [0.5, 0.6) is 5.75 Å². The van der Waals surface area contributed by atoms with E-state index >= 15 is 0 Å². The van der Waals surface area contributed by atoms with E-state index in [1.807, 2.05) is 0 Å². The molecule has 19 heavy (non-hydrogen) atoms. The zero-order chi connectivity index (χ0) is 13.8. The van der Waals surface area contributed by atoms with Crippen molar-refractivity contribution >= 4 is 5.91 Å². The van der Waals surface area contributed by atoms with Gasteiger partial charge in [-0.3, -0.25) is 9.89 Å². The summed E-state index contributed by atoms with van der Waals surface area (Å²) in [6.45, 7) is 1.76. The Morgan fingerprint density at radius 1 is 1.53 bits per heavy atom. The number of carbonyl (C=O) groups is 1. The van der Waals surface area contributed by atoms with Gasteiger partial charge in [-0.2, -0.15) is 5.10 Å². The summed E-state index contributed by atoms with van der Waals surface area (Å²) in [7, 11) is 1.50. The van der Waals surface area contributed by atoms with Gasteiger partial charge in [0.25, 0.3) is 5.91 Å². The molecule has 1 atom stereocenters. The molecule has 0 fully saturated rings. The maximum absolute atomic E-state index is 13.3. The number of carbonyl (C=O) groups excluding carboxylic acids is 1. The predicted molar refractivity (Wildman–Crippen MR) is 67.4 cm³/mol. The summed E-state index contributed by atoms with van der Waals surface area (Å²) in [6, 6.07) is 3.81. The van der Waals surface area contributed by atoms with E-state index in [-0.39, 0.29) is 17.8 Å². The molecule has 5 nitrogen and oxygen atoms in total. The number of aromatic amines is 1. The van der Waals surface area contributed by atoms with Crippen LogP contribution in [0.2, 0.25) is 0 Å². The number of benzene rings is 1. The summed E-state index contributed by atoms with van der Waals surface area (Å²) in [5, 5.41) is 9.02.